The first-order valence-electron chi connectivity index (χ1n) is 7.50. The largest absolute Gasteiger partial charge is 0.495 e. The van der Waals surface area contributed by atoms with Crippen molar-refractivity contribution >= 4 is 11.8 Å². The van der Waals surface area contributed by atoms with Gasteiger partial charge in [-0.1, -0.05) is 11.8 Å². The van der Waals surface area contributed by atoms with E-state index < -0.39 is 0 Å². The maximum atomic E-state index is 5.34. The molecule has 22 heavy (non-hydrogen) atoms. The van der Waals surface area contributed by atoms with Gasteiger partial charge >= 0.3 is 0 Å². The van der Waals surface area contributed by atoms with Crippen LogP contribution < -0.4 is 10.1 Å². The Labute approximate surface area is 134 Å². The summed E-state index contributed by atoms with van der Waals surface area (Å²) >= 11 is 1.64. The molecule has 6 nitrogen and oxygen atoms in total. The molecule has 0 aliphatic carbocycles. The van der Waals surface area contributed by atoms with E-state index >= 15 is 0 Å². The molecular weight excluding hydrogens is 298 g/mol. The summed E-state index contributed by atoms with van der Waals surface area (Å²) in [4.78, 5) is 4.38. The highest BCUT2D eigenvalue weighted by molar-refractivity contribution is 7.98. The van der Waals surface area contributed by atoms with E-state index in [-0.39, 0.29) is 0 Å². The molecule has 2 aromatic heterocycles. The lowest BCUT2D eigenvalue weighted by Crippen LogP contribution is -2.29. The fraction of sp³-hybridized carbons (Fsp3) is 0.533. The maximum Gasteiger partial charge on any atom is 0.191 e. The lowest BCUT2D eigenvalue weighted by Gasteiger charge is -2.21. The number of thioether (sulfide) groups is 1. The molecule has 1 aliphatic rings. The molecule has 7 heteroatoms. The van der Waals surface area contributed by atoms with E-state index in [9.17, 15) is 0 Å². The minimum atomic E-state index is 0.463. The smallest absolute Gasteiger partial charge is 0.191 e. The third-order valence-electron chi connectivity index (χ3n) is 3.94. The standard InChI is InChI=1S/C15H21N5OS/c1-20-14(11-5-3-7-16-9-11)18-19-15(20)22-10-12-13(21-2)6-4-8-17-12/h4,6,8,11,16H,3,5,7,9-10H2,1-2H3/t11-/m1/s1. The van der Waals surface area contributed by atoms with Crippen LogP contribution in [-0.4, -0.2) is 39.9 Å². The van der Waals surface area contributed by atoms with Crippen molar-refractivity contribution in [2.45, 2.75) is 29.7 Å². The summed E-state index contributed by atoms with van der Waals surface area (Å²) in [5.74, 6) is 3.07. The highest BCUT2D eigenvalue weighted by Crippen LogP contribution is 2.28. The van der Waals surface area contributed by atoms with Crippen LogP contribution in [0.1, 0.15) is 30.3 Å². The van der Waals surface area contributed by atoms with Gasteiger partial charge in [-0.2, -0.15) is 0 Å². The molecule has 0 bridgehead atoms. The molecule has 3 heterocycles. The van der Waals surface area contributed by atoms with Crippen LogP contribution in [0.5, 0.6) is 5.75 Å². The lowest BCUT2D eigenvalue weighted by molar-refractivity contribution is 0.409. The highest BCUT2D eigenvalue weighted by Gasteiger charge is 2.21. The summed E-state index contributed by atoms with van der Waals surface area (Å²) in [5.41, 5.74) is 0.930. The van der Waals surface area contributed by atoms with E-state index in [1.807, 2.05) is 19.2 Å². The molecule has 2 aromatic rings. The Morgan fingerprint density at radius 3 is 3.14 bits per heavy atom. The van der Waals surface area contributed by atoms with E-state index in [1.165, 1.54) is 12.8 Å². The first kappa shape index (κ1) is 15.3. The summed E-state index contributed by atoms with van der Waals surface area (Å²) in [5, 5.41) is 13.1. The SMILES string of the molecule is COc1cccnc1CSc1nnc([C@@H]2CCCNC2)n1C. The summed E-state index contributed by atoms with van der Waals surface area (Å²) in [6, 6.07) is 3.81. The van der Waals surface area contributed by atoms with Crippen LogP contribution in [0.3, 0.4) is 0 Å². The summed E-state index contributed by atoms with van der Waals surface area (Å²) in [6.45, 7) is 2.10. The van der Waals surface area contributed by atoms with Crippen LogP contribution in [-0.2, 0) is 12.8 Å². The number of piperidine rings is 1. The van der Waals surface area contributed by atoms with Gasteiger partial charge in [0.25, 0.3) is 0 Å². The number of methoxy groups -OCH3 is 1. The lowest BCUT2D eigenvalue weighted by atomic mass is 9.99. The molecule has 0 radical (unpaired) electrons. The number of nitrogens with one attached hydrogen (secondary N) is 1. The van der Waals surface area contributed by atoms with E-state index in [0.29, 0.717) is 5.92 Å². The first-order chi connectivity index (χ1) is 10.8. The normalized spacial score (nSPS) is 18.4. The van der Waals surface area contributed by atoms with Crippen LogP contribution in [0.2, 0.25) is 0 Å². The minimum absolute atomic E-state index is 0.463. The second-order valence-corrected chi connectivity index (χ2v) is 6.33. The van der Waals surface area contributed by atoms with Crippen molar-refractivity contribution < 1.29 is 4.74 Å². The Kier molecular flexibility index (Phi) is 4.94. The van der Waals surface area contributed by atoms with Gasteiger partial charge in [0, 0.05) is 31.5 Å². The van der Waals surface area contributed by atoms with Crippen molar-refractivity contribution in [2.24, 2.45) is 7.05 Å². The van der Waals surface area contributed by atoms with E-state index in [2.05, 4.69) is 25.1 Å². The van der Waals surface area contributed by atoms with Gasteiger partial charge in [0.1, 0.15) is 11.6 Å². The molecule has 1 N–H and O–H groups in total. The van der Waals surface area contributed by atoms with Crippen LogP contribution in [0.4, 0.5) is 0 Å². The summed E-state index contributed by atoms with van der Waals surface area (Å²) < 4.78 is 7.45. The highest BCUT2D eigenvalue weighted by atomic mass is 32.2. The molecule has 0 aromatic carbocycles. The zero-order chi connectivity index (χ0) is 15.4. The topological polar surface area (TPSA) is 64.9 Å². The third-order valence-corrected chi connectivity index (χ3v) is 4.97. The van der Waals surface area contributed by atoms with Crippen molar-refractivity contribution in [3.63, 3.8) is 0 Å². The number of nitrogens with zero attached hydrogens (tertiary/aromatic N) is 4. The van der Waals surface area contributed by atoms with Crippen LogP contribution >= 0.6 is 11.8 Å². The zero-order valence-electron chi connectivity index (χ0n) is 13.0. The second-order valence-electron chi connectivity index (χ2n) is 5.38. The van der Waals surface area contributed by atoms with Gasteiger partial charge in [-0.3, -0.25) is 4.98 Å². The number of hydrogen-bond donors (Lipinski definition) is 1. The molecule has 118 valence electrons. The Morgan fingerprint density at radius 2 is 2.36 bits per heavy atom. The van der Waals surface area contributed by atoms with Crippen molar-refractivity contribution in [1.29, 1.82) is 0 Å². The predicted octanol–water partition coefficient (Wildman–Crippen LogP) is 1.98. The summed E-state index contributed by atoms with van der Waals surface area (Å²) in [6.07, 6.45) is 4.16. The van der Waals surface area contributed by atoms with Gasteiger partial charge in [-0.25, -0.2) is 0 Å². The molecular formula is C15H21N5OS. The van der Waals surface area contributed by atoms with E-state index in [1.54, 1.807) is 25.1 Å². The molecule has 0 saturated carbocycles. The number of hydrogen-bond acceptors (Lipinski definition) is 6. The number of aromatic nitrogens is 4. The van der Waals surface area contributed by atoms with Gasteiger partial charge in [-0.05, 0) is 31.5 Å². The Balaban J connectivity index is 1.69. The van der Waals surface area contributed by atoms with Crippen molar-refractivity contribution in [2.75, 3.05) is 20.2 Å². The van der Waals surface area contributed by atoms with Crippen LogP contribution in [0.15, 0.2) is 23.5 Å². The molecule has 1 saturated heterocycles. The molecule has 1 atom stereocenters. The van der Waals surface area contributed by atoms with Crippen LogP contribution in [0, 0.1) is 0 Å². The Hall–Kier alpha value is -1.60. The van der Waals surface area contributed by atoms with Crippen molar-refractivity contribution in [1.82, 2.24) is 25.1 Å². The fourth-order valence-corrected chi connectivity index (χ4v) is 3.60. The fourth-order valence-electron chi connectivity index (χ4n) is 2.73. The van der Waals surface area contributed by atoms with Crippen LogP contribution in [0.25, 0.3) is 0 Å². The van der Waals surface area contributed by atoms with Gasteiger partial charge in [0.2, 0.25) is 0 Å². The Bertz CT molecular complexity index is 624. The van der Waals surface area contributed by atoms with Gasteiger partial charge < -0.3 is 14.6 Å². The monoisotopic (exact) mass is 319 g/mol. The quantitative estimate of drug-likeness (QED) is 0.850. The minimum Gasteiger partial charge on any atom is -0.495 e. The zero-order valence-corrected chi connectivity index (χ0v) is 13.8. The number of pyridine rings is 1. The van der Waals surface area contributed by atoms with Gasteiger partial charge in [0.15, 0.2) is 5.16 Å². The first-order valence-corrected chi connectivity index (χ1v) is 8.49. The van der Waals surface area contributed by atoms with E-state index in [4.69, 9.17) is 4.74 Å². The average Bonchev–Trinajstić information content (AvgIpc) is 2.95. The molecule has 0 amide bonds. The maximum absolute atomic E-state index is 5.34. The molecule has 0 unspecified atom stereocenters. The van der Waals surface area contributed by atoms with E-state index in [0.717, 1.165) is 41.3 Å². The third kappa shape index (κ3) is 3.25. The number of ether oxygens (including phenoxy) is 1. The molecule has 3 rings (SSSR count). The van der Waals surface area contributed by atoms with Gasteiger partial charge in [0.05, 0.1) is 12.8 Å². The van der Waals surface area contributed by atoms with Gasteiger partial charge in [-0.15, -0.1) is 10.2 Å². The average molecular weight is 319 g/mol. The molecule has 0 spiro atoms. The number of rotatable bonds is 5. The summed E-state index contributed by atoms with van der Waals surface area (Å²) in [7, 11) is 3.71. The van der Waals surface area contributed by atoms with Crippen molar-refractivity contribution in [3.8, 4) is 5.75 Å². The Morgan fingerprint density at radius 1 is 1.45 bits per heavy atom. The predicted molar refractivity (Wildman–Crippen MR) is 86.2 cm³/mol. The molecule has 1 fully saturated rings. The second kappa shape index (κ2) is 7.11. The van der Waals surface area contributed by atoms with Crippen molar-refractivity contribution in [3.05, 3.63) is 29.8 Å². The molecule has 1 aliphatic heterocycles.